The smallest absolute Gasteiger partial charge is 0.364 e. The van der Waals surface area contributed by atoms with Gasteiger partial charge in [0.05, 0.1) is 45.2 Å². The predicted molar refractivity (Wildman–Crippen MR) is 216 cm³/mol. The number of ether oxygens (including phenoxy) is 9. The lowest BCUT2D eigenvalue weighted by atomic mass is 9.88. The molecule has 4 fully saturated rings. The third-order valence-corrected chi connectivity index (χ3v) is 11.6. The van der Waals surface area contributed by atoms with Gasteiger partial charge in [-0.25, -0.2) is 4.79 Å². The van der Waals surface area contributed by atoms with E-state index in [0.29, 0.717) is 5.75 Å². The fourth-order valence-electron chi connectivity index (χ4n) is 8.27. The number of carboxylic acid groups (broad SMARTS) is 1. The van der Waals surface area contributed by atoms with Crippen molar-refractivity contribution >= 4 is 23.7 Å². The predicted octanol–water partition coefficient (Wildman–Crippen LogP) is -6.99. The fourth-order valence-corrected chi connectivity index (χ4v) is 8.27. The third kappa shape index (κ3) is 12.3. The van der Waals surface area contributed by atoms with Gasteiger partial charge >= 0.3 is 5.97 Å². The van der Waals surface area contributed by atoms with Crippen LogP contribution in [0.2, 0.25) is 0 Å². The average molecular weight is 968 g/mol. The molecule has 27 heteroatoms. The number of methoxy groups -OCH3 is 1. The van der Waals surface area contributed by atoms with E-state index < -0.39 is 178 Å². The molecule has 0 aromatic heterocycles. The quantitative estimate of drug-likeness (QED) is 0.0650. The second-order valence-corrected chi connectivity index (χ2v) is 16.5. The molecule has 4 heterocycles. The Morgan fingerprint density at radius 2 is 1.24 bits per heavy atom. The van der Waals surface area contributed by atoms with Crippen LogP contribution in [-0.2, 0) is 52.3 Å². The van der Waals surface area contributed by atoms with Gasteiger partial charge in [0.25, 0.3) is 5.79 Å². The average Bonchev–Trinajstić information content (AvgIpc) is 3.28. The van der Waals surface area contributed by atoms with Gasteiger partial charge in [-0.3, -0.25) is 14.4 Å². The lowest BCUT2D eigenvalue weighted by Gasteiger charge is -2.52. The standard InChI is InChI=1S/C40H61N3O24/c1-14-27(52)30(55)31(56)38(60-14)65-35-26(43-17(4)49)36(61-19-8-6-18(59-5)7-9-19)63-23(13-46)32(35)64-37-25(42-16(3)48)34(29(54)22(12-45)62-37)67-40(39(57)58)10-20(50)24(41-15(2)47)33(66-40)28(53)21(51)11-44/h6-9,14,20-38,44-46,50-56H,10-13H2,1-5H3,(H,41,47)(H,42,48)(H,43,49)(H,57,58)/t14-,20-,21+,22+,23+,24+,25+,26+,27+,28+,29-,30+,31-,32+,33+,34+,35+,36+,37-,38-,40-/m0/s1. The molecule has 4 aliphatic rings. The lowest BCUT2D eigenvalue weighted by molar-refractivity contribution is -0.376. The number of benzene rings is 1. The molecule has 380 valence electrons. The summed E-state index contributed by atoms with van der Waals surface area (Å²) in [4.78, 5) is 51.2. The van der Waals surface area contributed by atoms with Gasteiger partial charge in [0, 0.05) is 27.2 Å². The Bertz CT molecular complexity index is 1820. The summed E-state index contributed by atoms with van der Waals surface area (Å²) < 4.78 is 53.6. The van der Waals surface area contributed by atoms with Gasteiger partial charge < -0.3 is 115 Å². The van der Waals surface area contributed by atoms with Crippen LogP contribution in [0.3, 0.4) is 0 Å². The number of carboxylic acids is 1. The first-order valence-corrected chi connectivity index (χ1v) is 21.2. The van der Waals surface area contributed by atoms with Gasteiger partial charge in [-0.15, -0.1) is 0 Å². The molecule has 0 saturated carbocycles. The van der Waals surface area contributed by atoms with Crippen LogP contribution in [0.4, 0.5) is 0 Å². The van der Waals surface area contributed by atoms with Crippen molar-refractivity contribution in [3.63, 3.8) is 0 Å². The SMILES string of the molecule is COc1ccc(O[C@@H]2O[C@H](CO)[C@@H](O[C@@H]3O[C@H](CO)[C@H](O)[C@H](O[C@]4(C(=O)O)C[C@H](O)[C@@H](NC(C)=O)[C@H]([C@H](O)[C@H](O)CO)O4)[C@H]3NC(C)=O)[C@H](O[C@@H]3O[C@@H](C)[C@@H](O)[C@@H](O)[C@@H]3O)[C@H]2NC(C)=O)cc1. The van der Waals surface area contributed by atoms with Gasteiger partial charge in [0.1, 0.15) is 96.8 Å². The lowest BCUT2D eigenvalue weighted by Crippen LogP contribution is -2.73. The summed E-state index contributed by atoms with van der Waals surface area (Å²) in [5, 5.41) is 126. The Balaban J connectivity index is 1.60. The summed E-state index contributed by atoms with van der Waals surface area (Å²) in [5.41, 5.74) is 0. The van der Waals surface area contributed by atoms with Crippen molar-refractivity contribution in [2.45, 2.75) is 162 Å². The number of rotatable bonds is 18. The molecule has 67 heavy (non-hydrogen) atoms. The Kier molecular flexibility index (Phi) is 18.6. The van der Waals surface area contributed by atoms with Gasteiger partial charge in [-0.1, -0.05) is 0 Å². The summed E-state index contributed by atoms with van der Waals surface area (Å²) in [6, 6.07) is 1.03. The topological polar surface area (TPSA) is 410 Å². The van der Waals surface area contributed by atoms with E-state index >= 15 is 0 Å². The van der Waals surface area contributed by atoms with Gasteiger partial charge in [0.15, 0.2) is 12.6 Å². The highest BCUT2D eigenvalue weighted by Crippen LogP contribution is 2.39. The van der Waals surface area contributed by atoms with Crippen LogP contribution in [-0.4, -0.2) is 235 Å². The first kappa shape index (κ1) is 54.0. The number of aliphatic carboxylic acids is 1. The van der Waals surface area contributed by atoms with E-state index in [2.05, 4.69) is 16.0 Å². The fraction of sp³-hybridized carbons (Fsp3) is 0.750. The normalized spacial score (nSPS) is 39.9. The molecule has 4 aliphatic heterocycles. The Morgan fingerprint density at radius 3 is 1.78 bits per heavy atom. The van der Waals surface area contributed by atoms with Crippen molar-refractivity contribution in [2.75, 3.05) is 26.9 Å². The number of nitrogens with one attached hydrogen (secondary N) is 3. The van der Waals surface area contributed by atoms with E-state index in [1.807, 2.05) is 0 Å². The van der Waals surface area contributed by atoms with Crippen molar-refractivity contribution < 1.29 is 118 Å². The molecule has 0 radical (unpaired) electrons. The molecule has 21 atom stereocenters. The second-order valence-electron chi connectivity index (χ2n) is 16.5. The minimum atomic E-state index is -3.13. The van der Waals surface area contributed by atoms with E-state index in [0.717, 1.165) is 20.8 Å². The summed E-state index contributed by atoms with van der Waals surface area (Å²) in [6.07, 6.45) is -32.3. The van der Waals surface area contributed by atoms with Crippen LogP contribution in [0, 0.1) is 0 Å². The van der Waals surface area contributed by atoms with Gasteiger partial charge in [0.2, 0.25) is 24.0 Å². The molecule has 1 aromatic rings. The highest BCUT2D eigenvalue weighted by atomic mass is 16.8. The molecule has 0 bridgehead atoms. The van der Waals surface area contributed by atoms with Crippen LogP contribution in [0.1, 0.15) is 34.1 Å². The number of amides is 3. The molecular formula is C40H61N3O24. The first-order chi connectivity index (χ1) is 31.6. The molecule has 1 aromatic carbocycles. The molecule has 5 rings (SSSR count). The number of carbonyl (C=O) groups excluding carboxylic acids is 3. The van der Waals surface area contributed by atoms with Crippen molar-refractivity contribution in [1.29, 1.82) is 0 Å². The summed E-state index contributed by atoms with van der Waals surface area (Å²) in [6.45, 7) is 1.40. The third-order valence-electron chi connectivity index (χ3n) is 11.6. The van der Waals surface area contributed by atoms with Gasteiger partial charge in [-0.2, -0.15) is 0 Å². The highest BCUT2D eigenvalue weighted by Gasteiger charge is 2.61. The molecule has 0 spiro atoms. The van der Waals surface area contributed by atoms with Crippen molar-refractivity contribution in [1.82, 2.24) is 16.0 Å². The molecule has 4 saturated heterocycles. The van der Waals surface area contributed by atoms with Crippen molar-refractivity contribution in [3.8, 4) is 11.5 Å². The zero-order valence-electron chi connectivity index (χ0n) is 36.9. The molecular weight excluding hydrogens is 906 g/mol. The van der Waals surface area contributed by atoms with Crippen LogP contribution in [0.15, 0.2) is 24.3 Å². The van der Waals surface area contributed by atoms with Crippen molar-refractivity contribution in [2.24, 2.45) is 0 Å². The largest absolute Gasteiger partial charge is 0.497 e. The van der Waals surface area contributed by atoms with E-state index in [-0.39, 0.29) is 5.75 Å². The molecule has 27 nitrogen and oxygen atoms in total. The van der Waals surface area contributed by atoms with Crippen LogP contribution in [0.5, 0.6) is 11.5 Å². The number of aliphatic hydroxyl groups is 10. The zero-order chi connectivity index (χ0) is 49.7. The molecule has 0 aliphatic carbocycles. The number of carbonyl (C=O) groups is 4. The van der Waals surface area contributed by atoms with E-state index in [1.54, 1.807) is 0 Å². The van der Waals surface area contributed by atoms with Crippen LogP contribution >= 0.6 is 0 Å². The number of hydrogen-bond donors (Lipinski definition) is 14. The molecule has 0 unspecified atom stereocenters. The number of hydrogen-bond acceptors (Lipinski definition) is 23. The second kappa shape index (κ2) is 23.1. The van der Waals surface area contributed by atoms with Crippen molar-refractivity contribution in [3.05, 3.63) is 24.3 Å². The maximum atomic E-state index is 13.2. The highest BCUT2D eigenvalue weighted by molar-refractivity contribution is 5.77. The summed E-state index contributed by atoms with van der Waals surface area (Å²) >= 11 is 0. The Hall–Kier alpha value is -3.98. The van der Waals surface area contributed by atoms with Crippen LogP contribution < -0.4 is 25.4 Å². The van der Waals surface area contributed by atoms with E-state index in [9.17, 15) is 75.3 Å². The minimum absolute atomic E-state index is 0.143. The Labute approximate surface area is 382 Å². The summed E-state index contributed by atoms with van der Waals surface area (Å²) in [5.74, 6) is -6.95. The molecule has 14 N–H and O–H groups in total. The Morgan fingerprint density at radius 1 is 0.701 bits per heavy atom. The van der Waals surface area contributed by atoms with Crippen LogP contribution in [0.25, 0.3) is 0 Å². The maximum absolute atomic E-state index is 13.2. The van der Waals surface area contributed by atoms with Gasteiger partial charge in [-0.05, 0) is 31.2 Å². The summed E-state index contributed by atoms with van der Waals surface area (Å²) in [7, 11) is 1.43. The van der Waals surface area contributed by atoms with E-state index in [4.69, 9.17) is 42.6 Å². The molecule has 3 amide bonds. The maximum Gasteiger partial charge on any atom is 0.364 e. The zero-order valence-corrected chi connectivity index (χ0v) is 36.9. The number of aliphatic hydroxyl groups excluding tert-OH is 10. The van der Waals surface area contributed by atoms with E-state index in [1.165, 1.54) is 38.3 Å². The monoisotopic (exact) mass is 967 g/mol. The minimum Gasteiger partial charge on any atom is -0.497 e. The first-order valence-electron chi connectivity index (χ1n) is 21.2.